The lowest BCUT2D eigenvalue weighted by Crippen LogP contribution is -2.44. The lowest BCUT2D eigenvalue weighted by Gasteiger charge is -2.54. The van der Waals surface area contributed by atoms with Crippen molar-refractivity contribution < 1.29 is 0 Å². The minimum absolute atomic E-state index is 0.891. The molecule has 0 unspecified atom stereocenters. The van der Waals surface area contributed by atoms with Crippen LogP contribution >= 0.6 is 0 Å². The zero-order chi connectivity index (χ0) is 11.0. The van der Waals surface area contributed by atoms with Gasteiger partial charge in [0.25, 0.3) is 0 Å². The van der Waals surface area contributed by atoms with E-state index in [2.05, 4.69) is 0 Å². The van der Waals surface area contributed by atoms with Gasteiger partial charge in [-0.2, -0.15) is 0 Å². The maximum Gasteiger partial charge on any atom is -0.00773 e. The minimum Gasteiger partial charge on any atom is -0.330 e. The Morgan fingerprint density at radius 1 is 0.750 bits per heavy atom. The molecule has 92 valence electrons. The number of hydrogen-bond acceptors (Lipinski definition) is 1. The number of unbranched alkanes of at least 4 members (excludes halogenated alkanes) is 2. The number of nitrogens with two attached hydrogens (primary N) is 1. The zero-order valence-corrected chi connectivity index (χ0v) is 10.5. The molecule has 1 nitrogen and oxygen atoms in total. The van der Waals surface area contributed by atoms with Gasteiger partial charge in [-0.15, -0.1) is 0 Å². The van der Waals surface area contributed by atoms with E-state index in [0.29, 0.717) is 0 Å². The largest absolute Gasteiger partial charge is 0.330 e. The van der Waals surface area contributed by atoms with Gasteiger partial charge in [0, 0.05) is 0 Å². The van der Waals surface area contributed by atoms with Crippen molar-refractivity contribution in [3.05, 3.63) is 0 Å². The fraction of sp³-hybridized carbons (Fsp3) is 1.00. The van der Waals surface area contributed by atoms with Crippen LogP contribution in [0.25, 0.3) is 0 Å². The molecule has 2 N–H and O–H groups in total. The van der Waals surface area contributed by atoms with Gasteiger partial charge in [-0.3, -0.25) is 0 Å². The van der Waals surface area contributed by atoms with Crippen LogP contribution in [0.1, 0.15) is 57.8 Å². The summed E-state index contributed by atoms with van der Waals surface area (Å²) >= 11 is 0. The molecule has 0 aromatic carbocycles. The molecule has 0 aromatic heterocycles. The molecular formula is C15H27N. The molecule has 4 saturated carbocycles. The summed E-state index contributed by atoms with van der Waals surface area (Å²) in [7, 11) is 0. The summed E-state index contributed by atoms with van der Waals surface area (Å²) in [4.78, 5) is 0. The molecule has 0 atom stereocenters. The summed E-state index contributed by atoms with van der Waals surface area (Å²) < 4.78 is 0. The molecular weight excluding hydrogens is 194 g/mol. The lowest BCUT2D eigenvalue weighted by atomic mass is 9.51. The third-order valence-electron chi connectivity index (χ3n) is 5.66. The van der Waals surface area contributed by atoms with Crippen LogP contribution in [0, 0.1) is 29.6 Å². The normalized spacial score (nSPS) is 45.2. The Labute approximate surface area is 100 Å². The molecule has 4 rings (SSSR count). The summed E-state index contributed by atoms with van der Waals surface area (Å²) in [5.74, 6) is 5.67. The molecule has 1 heteroatoms. The number of hydrogen-bond donors (Lipinski definition) is 1. The lowest BCUT2D eigenvalue weighted by molar-refractivity contribution is -0.0404. The van der Waals surface area contributed by atoms with E-state index >= 15 is 0 Å². The molecule has 4 bridgehead atoms. The first-order valence-corrected chi connectivity index (χ1v) is 7.57. The monoisotopic (exact) mass is 221 g/mol. The van der Waals surface area contributed by atoms with Gasteiger partial charge >= 0.3 is 0 Å². The highest BCUT2D eigenvalue weighted by Gasteiger charge is 2.47. The second-order valence-electron chi connectivity index (χ2n) is 6.73. The Hall–Kier alpha value is -0.0400. The first-order chi connectivity index (χ1) is 7.86. The van der Waals surface area contributed by atoms with Gasteiger partial charge in [0.15, 0.2) is 0 Å². The van der Waals surface area contributed by atoms with Crippen LogP contribution in [-0.2, 0) is 0 Å². The number of rotatable bonds is 5. The Kier molecular flexibility index (Phi) is 3.24. The molecule has 0 radical (unpaired) electrons. The van der Waals surface area contributed by atoms with Crippen molar-refractivity contribution in [3.63, 3.8) is 0 Å². The van der Waals surface area contributed by atoms with E-state index in [1.54, 1.807) is 32.1 Å². The predicted octanol–water partition coefficient (Wildman–Crippen LogP) is 3.58. The van der Waals surface area contributed by atoms with Crippen molar-refractivity contribution in [1.29, 1.82) is 0 Å². The fourth-order valence-electron chi connectivity index (χ4n) is 5.21. The van der Waals surface area contributed by atoms with Crippen LogP contribution in [0.4, 0.5) is 0 Å². The quantitative estimate of drug-likeness (QED) is 0.706. The van der Waals surface area contributed by atoms with E-state index in [1.165, 1.54) is 25.7 Å². The van der Waals surface area contributed by atoms with Crippen molar-refractivity contribution in [1.82, 2.24) is 0 Å². The Morgan fingerprint density at radius 2 is 1.38 bits per heavy atom. The van der Waals surface area contributed by atoms with Crippen LogP contribution in [0.2, 0.25) is 0 Å². The molecule has 4 aliphatic rings. The summed E-state index contributed by atoms with van der Waals surface area (Å²) in [6.45, 7) is 0.891. The maximum atomic E-state index is 5.56. The first kappa shape index (κ1) is 11.1. The van der Waals surface area contributed by atoms with Crippen LogP contribution in [0.5, 0.6) is 0 Å². The molecule has 4 fully saturated rings. The standard InChI is InChI=1S/C15H27N/c16-5-3-1-2-4-15-13-7-11-6-12(9-13)10-14(15)8-11/h11-15H,1-10,16H2. The molecule has 0 amide bonds. The van der Waals surface area contributed by atoms with Gasteiger partial charge in [0.2, 0.25) is 0 Å². The minimum atomic E-state index is 0.891. The first-order valence-electron chi connectivity index (χ1n) is 7.57. The van der Waals surface area contributed by atoms with Crippen LogP contribution < -0.4 is 5.73 Å². The Balaban J connectivity index is 1.52. The van der Waals surface area contributed by atoms with Crippen molar-refractivity contribution in [2.45, 2.75) is 57.8 Å². The average molecular weight is 221 g/mol. The van der Waals surface area contributed by atoms with Crippen LogP contribution in [0.15, 0.2) is 0 Å². The second-order valence-corrected chi connectivity index (χ2v) is 6.73. The highest BCUT2D eigenvalue weighted by molar-refractivity contribution is 4.97. The van der Waals surface area contributed by atoms with E-state index in [1.807, 2.05) is 0 Å². The van der Waals surface area contributed by atoms with Gasteiger partial charge in [-0.25, -0.2) is 0 Å². The molecule has 0 aromatic rings. The van der Waals surface area contributed by atoms with Crippen molar-refractivity contribution >= 4 is 0 Å². The maximum absolute atomic E-state index is 5.56. The molecule has 4 aliphatic carbocycles. The third kappa shape index (κ3) is 2.03. The molecule has 0 heterocycles. The third-order valence-corrected chi connectivity index (χ3v) is 5.66. The topological polar surface area (TPSA) is 26.0 Å². The van der Waals surface area contributed by atoms with Gasteiger partial charge < -0.3 is 5.73 Å². The van der Waals surface area contributed by atoms with Gasteiger partial charge in [0.1, 0.15) is 0 Å². The zero-order valence-electron chi connectivity index (χ0n) is 10.5. The summed E-state index contributed by atoms with van der Waals surface area (Å²) in [5, 5.41) is 0. The van der Waals surface area contributed by atoms with Crippen molar-refractivity contribution in [2.24, 2.45) is 35.3 Å². The smallest absolute Gasteiger partial charge is 0.00773 e. The molecule has 16 heavy (non-hydrogen) atoms. The molecule has 0 saturated heterocycles. The van der Waals surface area contributed by atoms with E-state index in [0.717, 1.165) is 36.1 Å². The highest BCUT2D eigenvalue weighted by atomic mass is 14.5. The van der Waals surface area contributed by atoms with E-state index in [4.69, 9.17) is 5.73 Å². The fourth-order valence-corrected chi connectivity index (χ4v) is 5.21. The summed E-state index contributed by atoms with van der Waals surface area (Å²) in [5.41, 5.74) is 5.56. The molecule has 0 aliphatic heterocycles. The average Bonchev–Trinajstić information content (AvgIpc) is 2.26. The van der Waals surface area contributed by atoms with Crippen molar-refractivity contribution in [2.75, 3.05) is 6.54 Å². The van der Waals surface area contributed by atoms with Crippen LogP contribution in [-0.4, -0.2) is 6.54 Å². The second kappa shape index (κ2) is 4.68. The SMILES string of the molecule is NCCCCCC1C2CC3CC(C2)CC1C3. The van der Waals surface area contributed by atoms with Crippen LogP contribution in [0.3, 0.4) is 0 Å². The molecule has 0 spiro atoms. The van der Waals surface area contributed by atoms with Gasteiger partial charge in [-0.05, 0) is 81.1 Å². The van der Waals surface area contributed by atoms with E-state index in [9.17, 15) is 0 Å². The van der Waals surface area contributed by atoms with Gasteiger partial charge in [-0.1, -0.05) is 12.8 Å². The Morgan fingerprint density at radius 3 is 1.94 bits per heavy atom. The highest BCUT2D eigenvalue weighted by Crippen LogP contribution is 2.57. The van der Waals surface area contributed by atoms with E-state index in [-0.39, 0.29) is 0 Å². The van der Waals surface area contributed by atoms with Crippen molar-refractivity contribution in [3.8, 4) is 0 Å². The summed E-state index contributed by atoms with van der Waals surface area (Å²) in [6, 6.07) is 0. The van der Waals surface area contributed by atoms with E-state index < -0.39 is 0 Å². The van der Waals surface area contributed by atoms with Gasteiger partial charge in [0.05, 0.1) is 0 Å². The predicted molar refractivity (Wildman–Crippen MR) is 68.1 cm³/mol. The Bertz CT molecular complexity index is 208. The summed E-state index contributed by atoms with van der Waals surface area (Å²) in [6.07, 6.45) is 13.5.